The molecule has 1 aliphatic rings. The third-order valence-electron chi connectivity index (χ3n) is 4.78. The number of para-hydroxylation sites is 1. The van der Waals surface area contributed by atoms with Gasteiger partial charge >= 0.3 is 6.03 Å². The Kier molecular flexibility index (Phi) is 8.26. The van der Waals surface area contributed by atoms with Crippen LogP contribution in [-0.4, -0.2) is 44.0 Å². The highest BCUT2D eigenvalue weighted by Crippen LogP contribution is 2.14. The number of hydrogen-bond donors (Lipinski definition) is 4. The smallest absolute Gasteiger partial charge is 0.321 e. The van der Waals surface area contributed by atoms with E-state index in [0.717, 1.165) is 42.9 Å². The lowest BCUT2D eigenvalue weighted by atomic mass is 9.96. The fourth-order valence-corrected chi connectivity index (χ4v) is 3.15. The van der Waals surface area contributed by atoms with Crippen molar-refractivity contribution in [3.8, 4) is 0 Å². The van der Waals surface area contributed by atoms with Crippen LogP contribution in [0.3, 0.4) is 0 Å². The summed E-state index contributed by atoms with van der Waals surface area (Å²) in [6.07, 6.45) is 2.36. The van der Waals surface area contributed by atoms with E-state index in [9.17, 15) is 14.4 Å². The summed E-state index contributed by atoms with van der Waals surface area (Å²) in [7, 11) is 0. The topological polar surface area (TPSA) is 91.7 Å². The summed E-state index contributed by atoms with van der Waals surface area (Å²) in [5, 5.41) is 8.01. The van der Waals surface area contributed by atoms with Gasteiger partial charge < -0.3 is 15.5 Å². The van der Waals surface area contributed by atoms with Crippen molar-refractivity contribution >= 4 is 23.5 Å². The van der Waals surface area contributed by atoms with Crippen LogP contribution in [0.25, 0.3) is 0 Å². The average Bonchev–Trinajstić information content (AvgIpc) is 2.62. The maximum Gasteiger partial charge on any atom is 0.321 e. The highest BCUT2D eigenvalue weighted by molar-refractivity contribution is 5.94. The molecular formula is C20H31N4O3+. The first-order valence-electron chi connectivity index (χ1n) is 9.71. The minimum atomic E-state index is -0.433. The maximum absolute atomic E-state index is 12.3. The molecule has 7 nitrogen and oxygen atoms in total. The van der Waals surface area contributed by atoms with Crippen LogP contribution in [0.5, 0.6) is 0 Å². The van der Waals surface area contributed by atoms with E-state index < -0.39 is 6.03 Å². The quantitative estimate of drug-likeness (QED) is 0.568. The molecule has 0 unspecified atom stereocenters. The average molecular weight is 375 g/mol. The van der Waals surface area contributed by atoms with Gasteiger partial charge in [-0.15, -0.1) is 0 Å². The number of piperidine rings is 1. The van der Waals surface area contributed by atoms with E-state index in [1.165, 1.54) is 0 Å². The number of imide groups is 1. The second kappa shape index (κ2) is 10.7. The molecule has 0 atom stereocenters. The lowest BCUT2D eigenvalue weighted by Gasteiger charge is -2.28. The number of rotatable bonds is 7. The summed E-state index contributed by atoms with van der Waals surface area (Å²) >= 11 is 0. The van der Waals surface area contributed by atoms with E-state index in [4.69, 9.17) is 0 Å². The molecule has 0 saturated carbocycles. The van der Waals surface area contributed by atoms with E-state index >= 15 is 0 Å². The summed E-state index contributed by atoms with van der Waals surface area (Å²) in [5.41, 5.74) is 0.806. The molecule has 0 aliphatic carbocycles. The van der Waals surface area contributed by atoms with Crippen molar-refractivity contribution in [1.82, 2.24) is 10.6 Å². The fourth-order valence-electron chi connectivity index (χ4n) is 3.15. The summed E-state index contributed by atoms with van der Waals surface area (Å²) in [5.74, 6) is 0.232. The normalized spacial score (nSPS) is 19.4. The number of quaternary nitrogens is 1. The van der Waals surface area contributed by atoms with Gasteiger partial charge in [-0.2, -0.15) is 0 Å². The number of hydrogen-bond acceptors (Lipinski definition) is 3. The molecule has 1 aliphatic heterocycles. The molecule has 0 spiro atoms. The number of anilines is 1. The van der Waals surface area contributed by atoms with Crippen LogP contribution in [0.1, 0.15) is 33.1 Å². The molecule has 1 saturated heterocycles. The predicted octanol–water partition coefficient (Wildman–Crippen LogP) is 0.792. The van der Waals surface area contributed by atoms with Gasteiger partial charge in [0.1, 0.15) is 0 Å². The molecule has 1 fully saturated rings. The number of nitrogens with one attached hydrogen (secondary N) is 4. The molecule has 0 aromatic heterocycles. The zero-order chi connectivity index (χ0) is 19.6. The SMILES string of the molecule is CC(C)CCNC(=O)NC(=O)C[NH+]1CCC(C(=O)Nc2ccccc2)CC1. The van der Waals surface area contributed by atoms with Crippen molar-refractivity contribution in [2.24, 2.45) is 11.8 Å². The van der Waals surface area contributed by atoms with Crippen molar-refractivity contribution in [1.29, 1.82) is 0 Å². The van der Waals surface area contributed by atoms with Gasteiger partial charge in [0.25, 0.3) is 5.91 Å². The summed E-state index contributed by atoms with van der Waals surface area (Å²) in [4.78, 5) is 37.1. The molecule has 1 aromatic carbocycles. The Hall–Kier alpha value is -2.41. The van der Waals surface area contributed by atoms with Crippen molar-refractivity contribution in [2.45, 2.75) is 33.1 Å². The van der Waals surface area contributed by atoms with Gasteiger partial charge in [-0.05, 0) is 24.5 Å². The highest BCUT2D eigenvalue weighted by Gasteiger charge is 2.28. The Balaban J connectivity index is 1.65. The Bertz CT molecular complexity index is 625. The largest absolute Gasteiger partial charge is 0.338 e. The third-order valence-corrected chi connectivity index (χ3v) is 4.78. The van der Waals surface area contributed by atoms with Gasteiger partial charge in [0.2, 0.25) is 5.91 Å². The number of amides is 4. The van der Waals surface area contributed by atoms with E-state index in [1.54, 1.807) is 0 Å². The molecule has 2 rings (SSSR count). The minimum absolute atomic E-state index is 0.0312. The van der Waals surface area contributed by atoms with Crippen LogP contribution < -0.4 is 20.9 Å². The monoisotopic (exact) mass is 375 g/mol. The van der Waals surface area contributed by atoms with Gasteiger partial charge in [-0.1, -0.05) is 32.0 Å². The van der Waals surface area contributed by atoms with Crippen LogP contribution in [0.2, 0.25) is 0 Å². The number of likely N-dealkylation sites (tertiary alicyclic amines) is 1. The van der Waals surface area contributed by atoms with Crippen LogP contribution in [0.15, 0.2) is 30.3 Å². The van der Waals surface area contributed by atoms with Gasteiger partial charge in [0, 0.05) is 31.0 Å². The third kappa shape index (κ3) is 7.78. The van der Waals surface area contributed by atoms with Crippen molar-refractivity contribution in [3.63, 3.8) is 0 Å². The van der Waals surface area contributed by atoms with Crippen molar-refractivity contribution in [3.05, 3.63) is 30.3 Å². The molecule has 27 heavy (non-hydrogen) atoms. The number of benzene rings is 1. The van der Waals surface area contributed by atoms with Gasteiger partial charge in [-0.3, -0.25) is 14.9 Å². The summed E-state index contributed by atoms with van der Waals surface area (Å²) in [6.45, 7) is 6.47. The van der Waals surface area contributed by atoms with E-state index in [0.29, 0.717) is 12.5 Å². The lowest BCUT2D eigenvalue weighted by Crippen LogP contribution is -3.14. The second-order valence-corrected chi connectivity index (χ2v) is 7.54. The molecule has 1 aromatic rings. The molecule has 4 amide bonds. The molecule has 4 N–H and O–H groups in total. The zero-order valence-corrected chi connectivity index (χ0v) is 16.2. The minimum Gasteiger partial charge on any atom is -0.338 e. The first kappa shape index (κ1) is 20.9. The van der Waals surface area contributed by atoms with Crippen LogP contribution >= 0.6 is 0 Å². The van der Waals surface area contributed by atoms with E-state index in [-0.39, 0.29) is 24.3 Å². The lowest BCUT2D eigenvalue weighted by molar-refractivity contribution is -0.897. The molecule has 7 heteroatoms. The zero-order valence-electron chi connectivity index (χ0n) is 16.2. The molecule has 148 valence electrons. The van der Waals surface area contributed by atoms with Crippen LogP contribution in [-0.2, 0) is 9.59 Å². The first-order chi connectivity index (χ1) is 12.9. The Morgan fingerprint density at radius 3 is 2.41 bits per heavy atom. The maximum atomic E-state index is 12.3. The number of carbonyl (C=O) groups is 3. The molecule has 0 radical (unpaired) electrons. The summed E-state index contributed by atoms with van der Waals surface area (Å²) in [6, 6.07) is 8.99. The van der Waals surface area contributed by atoms with Gasteiger partial charge in [0.05, 0.1) is 13.1 Å². The Morgan fingerprint density at radius 2 is 1.78 bits per heavy atom. The fraction of sp³-hybridized carbons (Fsp3) is 0.550. The van der Waals surface area contributed by atoms with Gasteiger partial charge in [-0.25, -0.2) is 4.79 Å². The first-order valence-corrected chi connectivity index (χ1v) is 9.71. The number of carbonyl (C=O) groups excluding carboxylic acids is 3. The van der Waals surface area contributed by atoms with E-state index in [2.05, 4.69) is 29.8 Å². The van der Waals surface area contributed by atoms with Crippen LogP contribution in [0.4, 0.5) is 10.5 Å². The Labute approximate surface area is 160 Å². The second-order valence-electron chi connectivity index (χ2n) is 7.54. The highest BCUT2D eigenvalue weighted by atomic mass is 16.2. The predicted molar refractivity (Wildman–Crippen MR) is 104 cm³/mol. The van der Waals surface area contributed by atoms with Crippen molar-refractivity contribution in [2.75, 3.05) is 31.5 Å². The van der Waals surface area contributed by atoms with Gasteiger partial charge in [0.15, 0.2) is 6.54 Å². The molecule has 1 heterocycles. The Morgan fingerprint density at radius 1 is 1.11 bits per heavy atom. The molecular weight excluding hydrogens is 344 g/mol. The van der Waals surface area contributed by atoms with Crippen molar-refractivity contribution < 1.29 is 19.3 Å². The number of urea groups is 1. The van der Waals surface area contributed by atoms with E-state index in [1.807, 2.05) is 30.3 Å². The molecule has 0 bridgehead atoms. The standard InChI is InChI=1S/C20H30N4O3/c1-15(2)8-11-21-20(27)23-18(25)14-24-12-9-16(10-13-24)19(26)22-17-6-4-3-5-7-17/h3-7,15-16H,8-14H2,1-2H3,(H,22,26)(H2,21,23,25,27)/p+1. The summed E-state index contributed by atoms with van der Waals surface area (Å²) < 4.78 is 0. The van der Waals surface area contributed by atoms with Crippen LogP contribution in [0, 0.1) is 11.8 Å².